The molecule has 6 heteroatoms. The molecule has 0 aromatic heterocycles. The van der Waals surface area contributed by atoms with Gasteiger partial charge in [-0.1, -0.05) is 19.8 Å². The second-order valence-corrected chi connectivity index (χ2v) is 7.26. The monoisotopic (exact) mass is 300 g/mol. The van der Waals surface area contributed by atoms with Gasteiger partial charge >= 0.3 is 12.0 Å². The number of hydrogen-bond donors (Lipinski definition) is 2. The molecule has 2 amide bonds. The van der Waals surface area contributed by atoms with Crippen LogP contribution in [0.4, 0.5) is 4.79 Å². The maximum atomic E-state index is 12.3. The Kier molecular flexibility index (Phi) is 4.83. The van der Waals surface area contributed by atoms with Crippen molar-refractivity contribution in [2.24, 2.45) is 5.41 Å². The van der Waals surface area contributed by atoms with Crippen molar-refractivity contribution < 1.29 is 14.7 Å². The Balaban J connectivity index is 1.95. The predicted octanol–water partition coefficient (Wildman–Crippen LogP) is 2.51. The van der Waals surface area contributed by atoms with Gasteiger partial charge < -0.3 is 10.4 Å². The van der Waals surface area contributed by atoms with E-state index in [2.05, 4.69) is 12.2 Å². The van der Waals surface area contributed by atoms with E-state index in [0.717, 1.165) is 19.3 Å². The van der Waals surface area contributed by atoms with Gasteiger partial charge in [0.15, 0.2) is 0 Å². The molecular formula is C14H24N2O3S. The van der Waals surface area contributed by atoms with Crippen molar-refractivity contribution in [2.75, 3.05) is 12.3 Å². The molecule has 20 heavy (non-hydrogen) atoms. The second-order valence-electron chi connectivity index (χ2n) is 5.91. The molecule has 1 saturated carbocycles. The van der Waals surface area contributed by atoms with Crippen LogP contribution in [0.25, 0.3) is 0 Å². The van der Waals surface area contributed by atoms with Gasteiger partial charge in [0.1, 0.15) is 6.04 Å². The standard InChI is InChI=1S/C14H24N2O3S/c1-3-14(6-4-5-7-14)9-15-13(19)16-10(2)20-8-11(16)12(17)18/h10-11H,3-9H2,1-2H3,(H,15,19)(H,17,18). The molecule has 0 radical (unpaired) electrons. The van der Waals surface area contributed by atoms with Crippen LogP contribution < -0.4 is 5.32 Å². The van der Waals surface area contributed by atoms with E-state index in [1.807, 2.05) is 6.92 Å². The average molecular weight is 300 g/mol. The minimum absolute atomic E-state index is 0.0720. The first-order valence-corrected chi connectivity index (χ1v) is 8.44. The van der Waals surface area contributed by atoms with Gasteiger partial charge in [-0.3, -0.25) is 4.90 Å². The van der Waals surface area contributed by atoms with Crippen molar-refractivity contribution in [1.82, 2.24) is 10.2 Å². The fraction of sp³-hybridized carbons (Fsp3) is 0.857. The third-order valence-corrected chi connectivity index (χ3v) is 5.99. The van der Waals surface area contributed by atoms with Gasteiger partial charge in [0.25, 0.3) is 0 Å². The van der Waals surface area contributed by atoms with Crippen molar-refractivity contribution in [3.05, 3.63) is 0 Å². The number of aliphatic carboxylic acids is 1. The Labute approximate surface area is 124 Å². The number of nitrogens with zero attached hydrogens (tertiary/aromatic N) is 1. The highest BCUT2D eigenvalue weighted by molar-refractivity contribution is 8.00. The molecule has 2 N–H and O–H groups in total. The van der Waals surface area contributed by atoms with Crippen LogP contribution in [0.1, 0.15) is 46.0 Å². The molecule has 0 aromatic rings. The van der Waals surface area contributed by atoms with Crippen LogP contribution in [-0.2, 0) is 4.79 Å². The summed E-state index contributed by atoms with van der Waals surface area (Å²) in [6.45, 7) is 4.73. The van der Waals surface area contributed by atoms with E-state index in [-0.39, 0.29) is 16.8 Å². The summed E-state index contributed by atoms with van der Waals surface area (Å²) in [4.78, 5) is 25.0. The molecule has 114 valence electrons. The summed E-state index contributed by atoms with van der Waals surface area (Å²) in [7, 11) is 0. The molecule has 0 aromatic carbocycles. The number of hydrogen-bond acceptors (Lipinski definition) is 3. The van der Waals surface area contributed by atoms with Crippen LogP contribution in [-0.4, -0.2) is 45.7 Å². The van der Waals surface area contributed by atoms with E-state index in [0.29, 0.717) is 12.3 Å². The summed E-state index contributed by atoms with van der Waals surface area (Å²) in [6, 6.07) is -0.925. The highest BCUT2D eigenvalue weighted by Gasteiger charge is 2.40. The number of carboxylic acid groups (broad SMARTS) is 1. The van der Waals surface area contributed by atoms with Crippen LogP contribution in [0.3, 0.4) is 0 Å². The lowest BCUT2D eigenvalue weighted by molar-refractivity contribution is -0.141. The number of carboxylic acids is 1. The highest BCUT2D eigenvalue weighted by atomic mass is 32.2. The minimum atomic E-state index is -0.914. The van der Waals surface area contributed by atoms with Crippen molar-refractivity contribution in [1.29, 1.82) is 0 Å². The highest BCUT2D eigenvalue weighted by Crippen LogP contribution is 2.40. The lowest BCUT2D eigenvalue weighted by Crippen LogP contribution is -2.51. The van der Waals surface area contributed by atoms with E-state index in [4.69, 9.17) is 0 Å². The van der Waals surface area contributed by atoms with Gasteiger partial charge in [0.05, 0.1) is 5.37 Å². The maximum absolute atomic E-state index is 12.3. The Hall–Kier alpha value is -0.910. The molecule has 0 spiro atoms. The van der Waals surface area contributed by atoms with Gasteiger partial charge in [-0.15, -0.1) is 11.8 Å². The Morgan fingerprint density at radius 2 is 2.05 bits per heavy atom. The zero-order valence-electron chi connectivity index (χ0n) is 12.2. The number of urea groups is 1. The van der Waals surface area contributed by atoms with Crippen LogP contribution in [0, 0.1) is 5.41 Å². The van der Waals surface area contributed by atoms with E-state index < -0.39 is 12.0 Å². The fourth-order valence-electron chi connectivity index (χ4n) is 3.28. The molecule has 5 nitrogen and oxygen atoms in total. The Morgan fingerprint density at radius 1 is 1.40 bits per heavy atom. The molecule has 2 unspecified atom stereocenters. The predicted molar refractivity (Wildman–Crippen MR) is 79.8 cm³/mol. The quantitative estimate of drug-likeness (QED) is 0.837. The van der Waals surface area contributed by atoms with Crippen molar-refractivity contribution >= 4 is 23.8 Å². The zero-order valence-corrected chi connectivity index (χ0v) is 13.0. The largest absolute Gasteiger partial charge is 0.480 e. The summed E-state index contributed by atoms with van der Waals surface area (Å²) >= 11 is 1.52. The molecule has 1 saturated heterocycles. The Morgan fingerprint density at radius 3 is 2.60 bits per heavy atom. The van der Waals surface area contributed by atoms with Crippen LogP contribution in [0.2, 0.25) is 0 Å². The van der Waals surface area contributed by atoms with E-state index >= 15 is 0 Å². The van der Waals surface area contributed by atoms with Gasteiger partial charge in [0, 0.05) is 12.3 Å². The van der Waals surface area contributed by atoms with E-state index in [9.17, 15) is 14.7 Å². The second kappa shape index (κ2) is 6.24. The van der Waals surface area contributed by atoms with Gasteiger partial charge in [0.2, 0.25) is 0 Å². The fourth-order valence-corrected chi connectivity index (χ4v) is 4.44. The van der Waals surface area contributed by atoms with E-state index in [1.54, 1.807) is 0 Å². The number of amides is 2. The summed E-state index contributed by atoms with van der Waals surface area (Å²) in [5, 5.41) is 12.1. The van der Waals surface area contributed by atoms with Gasteiger partial charge in [-0.2, -0.15) is 0 Å². The number of nitrogens with one attached hydrogen (secondary N) is 1. The topological polar surface area (TPSA) is 69.6 Å². The van der Waals surface area contributed by atoms with E-state index in [1.165, 1.54) is 29.5 Å². The van der Waals surface area contributed by atoms with Crippen molar-refractivity contribution in [3.63, 3.8) is 0 Å². The summed E-state index contributed by atoms with van der Waals surface area (Å²) in [5.74, 6) is -0.439. The number of carbonyl (C=O) groups is 2. The first-order valence-electron chi connectivity index (χ1n) is 7.40. The minimum Gasteiger partial charge on any atom is -0.480 e. The van der Waals surface area contributed by atoms with Crippen molar-refractivity contribution in [2.45, 2.75) is 57.4 Å². The van der Waals surface area contributed by atoms with Gasteiger partial charge in [-0.25, -0.2) is 9.59 Å². The van der Waals surface area contributed by atoms with Crippen molar-refractivity contribution in [3.8, 4) is 0 Å². The van der Waals surface area contributed by atoms with Crippen LogP contribution >= 0.6 is 11.8 Å². The molecule has 2 atom stereocenters. The molecule has 1 aliphatic heterocycles. The number of carbonyl (C=O) groups excluding carboxylic acids is 1. The summed E-state index contributed by atoms with van der Waals surface area (Å²) in [5.41, 5.74) is 0.227. The van der Waals surface area contributed by atoms with Crippen LogP contribution in [0.15, 0.2) is 0 Å². The number of rotatable bonds is 4. The first kappa shape index (κ1) is 15.5. The normalized spacial score (nSPS) is 28.6. The lowest BCUT2D eigenvalue weighted by atomic mass is 9.83. The Bertz CT molecular complexity index is 383. The third-order valence-electron chi connectivity index (χ3n) is 4.77. The molecule has 1 heterocycles. The SMILES string of the molecule is CCC1(CNC(=O)N2C(C)SCC2C(=O)O)CCCC1. The molecule has 0 bridgehead atoms. The summed E-state index contributed by atoms with van der Waals surface area (Å²) < 4.78 is 0. The molecule has 2 rings (SSSR count). The summed E-state index contributed by atoms with van der Waals surface area (Å²) in [6.07, 6.45) is 5.86. The zero-order chi connectivity index (χ0) is 14.8. The average Bonchev–Trinajstić information content (AvgIpc) is 3.03. The molecule has 2 fully saturated rings. The van der Waals surface area contributed by atoms with Crippen LogP contribution in [0.5, 0.6) is 0 Å². The number of thioether (sulfide) groups is 1. The smallest absolute Gasteiger partial charge is 0.327 e. The lowest BCUT2D eigenvalue weighted by Gasteiger charge is -2.31. The van der Waals surface area contributed by atoms with Gasteiger partial charge in [-0.05, 0) is 31.6 Å². The third kappa shape index (κ3) is 3.05. The molecule has 2 aliphatic rings. The molecule has 1 aliphatic carbocycles. The molecular weight excluding hydrogens is 276 g/mol. The maximum Gasteiger partial charge on any atom is 0.327 e. The first-order chi connectivity index (χ1) is 9.49.